The van der Waals surface area contributed by atoms with E-state index in [1.54, 1.807) is 0 Å². The van der Waals surface area contributed by atoms with E-state index in [-0.39, 0.29) is 23.8 Å². The van der Waals surface area contributed by atoms with Gasteiger partial charge in [0, 0.05) is 25.0 Å². The van der Waals surface area contributed by atoms with E-state index >= 15 is 0 Å². The second kappa shape index (κ2) is 6.37. The maximum Gasteiger partial charge on any atom is 0.306 e. The van der Waals surface area contributed by atoms with Crippen molar-refractivity contribution in [2.45, 2.75) is 45.1 Å². The molecule has 1 amide bonds. The van der Waals surface area contributed by atoms with Crippen LogP contribution >= 0.6 is 0 Å². The van der Waals surface area contributed by atoms with Crippen LogP contribution in [0.3, 0.4) is 0 Å². The van der Waals surface area contributed by atoms with Gasteiger partial charge < -0.3 is 15.2 Å². The fourth-order valence-corrected chi connectivity index (χ4v) is 3.02. The van der Waals surface area contributed by atoms with Crippen molar-refractivity contribution in [2.24, 2.45) is 17.8 Å². The van der Waals surface area contributed by atoms with Gasteiger partial charge in [0.2, 0.25) is 5.91 Å². The molecule has 108 valence electrons. The Morgan fingerprint density at radius 2 is 1.79 bits per heavy atom. The maximum atomic E-state index is 12.0. The molecule has 1 heterocycles. The van der Waals surface area contributed by atoms with Gasteiger partial charge in [-0.2, -0.15) is 0 Å². The molecule has 0 radical (unpaired) electrons. The largest absolute Gasteiger partial charge is 0.481 e. The van der Waals surface area contributed by atoms with Gasteiger partial charge >= 0.3 is 5.97 Å². The third-order valence-corrected chi connectivity index (χ3v) is 4.52. The number of carbonyl (C=O) groups is 2. The summed E-state index contributed by atoms with van der Waals surface area (Å²) in [6.45, 7) is 3.51. The van der Waals surface area contributed by atoms with E-state index in [4.69, 9.17) is 9.84 Å². The van der Waals surface area contributed by atoms with Gasteiger partial charge in [0.15, 0.2) is 0 Å². The average molecular weight is 269 g/mol. The number of carboxylic acids is 1. The number of hydrogen-bond donors (Lipinski definition) is 2. The lowest BCUT2D eigenvalue weighted by molar-refractivity contribution is -0.144. The molecule has 2 rings (SSSR count). The fraction of sp³-hybridized carbons (Fsp3) is 0.857. The van der Waals surface area contributed by atoms with Crippen molar-refractivity contribution in [3.63, 3.8) is 0 Å². The predicted octanol–water partition coefficient (Wildman–Crippen LogP) is 1.42. The van der Waals surface area contributed by atoms with Crippen molar-refractivity contribution >= 4 is 11.9 Å². The molecule has 0 aromatic rings. The summed E-state index contributed by atoms with van der Waals surface area (Å²) in [5.74, 6) is -0.487. The lowest BCUT2D eigenvalue weighted by Gasteiger charge is -2.26. The summed E-state index contributed by atoms with van der Waals surface area (Å²) >= 11 is 0. The van der Waals surface area contributed by atoms with Crippen LogP contribution in [0.4, 0.5) is 0 Å². The number of aliphatic carboxylic acids is 1. The van der Waals surface area contributed by atoms with Crippen molar-refractivity contribution in [3.8, 4) is 0 Å². The molecule has 19 heavy (non-hydrogen) atoms. The van der Waals surface area contributed by atoms with Crippen molar-refractivity contribution in [3.05, 3.63) is 0 Å². The van der Waals surface area contributed by atoms with Gasteiger partial charge in [-0.15, -0.1) is 0 Å². The molecule has 0 aromatic heterocycles. The zero-order chi connectivity index (χ0) is 13.8. The van der Waals surface area contributed by atoms with Crippen LogP contribution in [0.25, 0.3) is 0 Å². The summed E-state index contributed by atoms with van der Waals surface area (Å²) in [6.07, 6.45) is 3.86. The summed E-state index contributed by atoms with van der Waals surface area (Å²) in [4.78, 5) is 22.9. The highest BCUT2D eigenvalue weighted by Crippen LogP contribution is 2.29. The van der Waals surface area contributed by atoms with Gasteiger partial charge in [-0.3, -0.25) is 9.59 Å². The summed E-state index contributed by atoms with van der Waals surface area (Å²) in [5, 5.41) is 11.9. The number of carbonyl (C=O) groups excluding carboxylic acids is 1. The first kappa shape index (κ1) is 14.3. The van der Waals surface area contributed by atoms with E-state index in [1.165, 1.54) is 0 Å². The Labute approximate surface area is 113 Å². The Kier molecular flexibility index (Phi) is 4.80. The molecule has 2 atom stereocenters. The van der Waals surface area contributed by atoms with E-state index in [1.807, 2.05) is 6.92 Å². The monoisotopic (exact) mass is 269 g/mol. The minimum Gasteiger partial charge on any atom is -0.481 e. The topological polar surface area (TPSA) is 75.6 Å². The van der Waals surface area contributed by atoms with Crippen LogP contribution in [0.5, 0.6) is 0 Å². The second-order valence-electron chi connectivity index (χ2n) is 5.76. The molecular weight excluding hydrogens is 246 g/mol. The molecule has 0 aromatic carbocycles. The molecule has 1 aliphatic heterocycles. The Balaban J connectivity index is 1.71. The number of hydrogen-bond acceptors (Lipinski definition) is 3. The smallest absolute Gasteiger partial charge is 0.306 e. The van der Waals surface area contributed by atoms with E-state index < -0.39 is 5.97 Å². The Morgan fingerprint density at radius 1 is 1.16 bits per heavy atom. The first-order valence-corrected chi connectivity index (χ1v) is 7.20. The minimum atomic E-state index is -0.726. The molecule has 2 fully saturated rings. The van der Waals surface area contributed by atoms with Crippen LogP contribution in [-0.2, 0) is 14.3 Å². The van der Waals surface area contributed by atoms with Crippen LogP contribution in [-0.4, -0.2) is 36.2 Å². The molecule has 0 spiro atoms. The minimum absolute atomic E-state index is 0.00627. The maximum absolute atomic E-state index is 12.0. The highest BCUT2D eigenvalue weighted by molar-refractivity contribution is 5.79. The summed E-state index contributed by atoms with van der Waals surface area (Å²) in [5.41, 5.74) is 0. The number of carboxylic acid groups (broad SMARTS) is 1. The SMILES string of the molecule is CC1OCCC1CNC(=O)C1CCC(C(=O)O)CC1. The van der Waals surface area contributed by atoms with E-state index in [0.29, 0.717) is 38.1 Å². The Hall–Kier alpha value is -1.10. The summed E-state index contributed by atoms with van der Waals surface area (Å²) < 4.78 is 5.47. The first-order chi connectivity index (χ1) is 9.08. The van der Waals surface area contributed by atoms with E-state index in [9.17, 15) is 9.59 Å². The molecule has 2 unspecified atom stereocenters. The fourth-order valence-electron chi connectivity index (χ4n) is 3.02. The quantitative estimate of drug-likeness (QED) is 0.809. The highest BCUT2D eigenvalue weighted by Gasteiger charge is 2.30. The average Bonchev–Trinajstić information content (AvgIpc) is 2.81. The Bertz CT molecular complexity index is 336. The van der Waals surface area contributed by atoms with Crippen LogP contribution in [0.1, 0.15) is 39.0 Å². The molecule has 5 nitrogen and oxygen atoms in total. The van der Waals surface area contributed by atoms with Gasteiger partial charge in [0.05, 0.1) is 12.0 Å². The van der Waals surface area contributed by atoms with E-state index in [0.717, 1.165) is 13.0 Å². The van der Waals surface area contributed by atoms with Gasteiger partial charge in [0.1, 0.15) is 0 Å². The lowest BCUT2D eigenvalue weighted by Crippen LogP contribution is -2.38. The third-order valence-electron chi connectivity index (χ3n) is 4.52. The van der Waals surface area contributed by atoms with Crippen LogP contribution in [0.15, 0.2) is 0 Å². The summed E-state index contributed by atoms with van der Waals surface area (Å²) in [6, 6.07) is 0. The standard InChI is InChI=1S/C14H23NO4/c1-9-12(6-7-19-9)8-15-13(16)10-2-4-11(5-3-10)14(17)18/h9-12H,2-8H2,1H3,(H,15,16)(H,17,18). The summed E-state index contributed by atoms with van der Waals surface area (Å²) in [7, 11) is 0. The molecule has 1 saturated heterocycles. The third kappa shape index (κ3) is 3.69. The van der Waals surface area contributed by atoms with Gasteiger partial charge in [0.25, 0.3) is 0 Å². The first-order valence-electron chi connectivity index (χ1n) is 7.20. The van der Waals surface area contributed by atoms with Crippen molar-refractivity contribution in [1.29, 1.82) is 0 Å². The molecule has 1 saturated carbocycles. The van der Waals surface area contributed by atoms with Crippen LogP contribution in [0.2, 0.25) is 0 Å². The lowest BCUT2D eigenvalue weighted by atomic mass is 9.81. The second-order valence-corrected chi connectivity index (χ2v) is 5.76. The number of rotatable bonds is 4. The van der Waals surface area contributed by atoms with Crippen molar-refractivity contribution < 1.29 is 19.4 Å². The van der Waals surface area contributed by atoms with E-state index in [2.05, 4.69) is 5.32 Å². The van der Waals surface area contributed by atoms with Gasteiger partial charge in [-0.05, 0) is 39.0 Å². The highest BCUT2D eigenvalue weighted by atomic mass is 16.5. The Morgan fingerprint density at radius 3 is 2.32 bits per heavy atom. The molecule has 2 aliphatic rings. The normalized spacial score (nSPS) is 35.0. The molecule has 2 N–H and O–H groups in total. The number of amides is 1. The molecule has 5 heteroatoms. The number of nitrogens with one attached hydrogen (secondary N) is 1. The molecule has 1 aliphatic carbocycles. The van der Waals surface area contributed by atoms with Gasteiger partial charge in [-0.25, -0.2) is 0 Å². The molecule has 0 bridgehead atoms. The van der Waals surface area contributed by atoms with Crippen molar-refractivity contribution in [2.75, 3.05) is 13.2 Å². The van der Waals surface area contributed by atoms with Crippen molar-refractivity contribution in [1.82, 2.24) is 5.32 Å². The predicted molar refractivity (Wildman–Crippen MR) is 69.6 cm³/mol. The van der Waals surface area contributed by atoms with Gasteiger partial charge in [-0.1, -0.05) is 0 Å². The van der Waals surface area contributed by atoms with Crippen LogP contribution < -0.4 is 5.32 Å². The zero-order valence-electron chi connectivity index (χ0n) is 11.4. The molecular formula is C14H23NO4. The van der Waals surface area contributed by atoms with Crippen LogP contribution in [0, 0.1) is 17.8 Å². The number of ether oxygens (including phenoxy) is 1. The zero-order valence-corrected chi connectivity index (χ0v) is 11.4.